The average Bonchev–Trinajstić information content (AvgIpc) is 2.51. The lowest BCUT2D eigenvalue weighted by molar-refractivity contribution is -0.137. The van der Waals surface area contributed by atoms with Crippen molar-refractivity contribution in [3.8, 4) is 0 Å². The highest BCUT2D eigenvalue weighted by atomic mass is 19.4. The molecule has 1 aliphatic heterocycles. The van der Waals surface area contributed by atoms with Crippen LogP contribution in [-0.2, 0) is 11.0 Å². The molecule has 7 heteroatoms. The fraction of sp³-hybridized carbons (Fsp3) is 0.235. The van der Waals surface area contributed by atoms with Crippen LogP contribution in [-0.4, -0.2) is 24.8 Å². The Morgan fingerprint density at radius 3 is 2.62 bits per heavy atom. The van der Waals surface area contributed by atoms with Crippen LogP contribution in [0.25, 0.3) is 0 Å². The highest BCUT2D eigenvalue weighted by Gasteiger charge is 2.31. The maximum atomic E-state index is 12.9. The molecule has 4 nitrogen and oxygen atoms in total. The van der Waals surface area contributed by atoms with Crippen molar-refractivity contribution in [2.24, 2.45) is 0 Å². The van der Waals surface area contributed by atoms with E-state index in [9.17, 15) is 18.0 Å². The Labute approximate surface area is 138 Å². The number of carbonyl (C=O) groups is 1. The largest absolute Gasteiger partial charge is 0.416 e. The van der Waals surface area contributed by atoms with E-state index in [0.717, 1.165) is 17.7 Å². The number of benzene rings is 1. The van der Waals surface area contributed by atoms with Gasteiger partial charge < -0.3 is 4.90 Å². The van der Waals surface area contributed by atoms with E-state index in [2.05, 4.69) is 5.43 Å². The fourth-order valence-electron chi connectivity index (χ4n) is 2.07. The standard InChI is InChI=1S/C17H18F3N3O/c1-12-9-15(16(24)7-8-22(2)3)21-23(11-12)14-6-4-5-13(10-14)17(18,19)20/h4-11,21H,1-3H3. The van der Waals surface area contributed by atoms with Gasteiger partial charge in [-0.15, -0.1) is 0 Å². The van der Waals surface area contributed by atoms with Gasteiger partial charge in [0.15, 0.2) is 0 Å². The maximum Gasteiger partial charge on any atom is 0.416 e. The van der Waals surface area contributed by atoms with Gasteiger partial charge >= 0.3 is 6.18 Å². The van der Waals surface area contributed by atoms with Crippen LogP contribution in [0.4, 0.5) is 18.9 Å². The Bertz CT molecular complexity index is 718. The van der Waals surface area contributed by atoms with Gasteiger partial charge in [0.05, 0.1) is 11.3 Å². The number of hydrogen-bond donors (Lipinski definition) is 1. The zero-order chi connectivity index (χ0) is 17.9. The van der Waals surface area contributed by atoms with Gasteiger partial charge in [-0.05, 0) is 36.8 Å². The van der Waals surface area contributed by atoms with Crippen molar-refractivity contribution in [3.05, 3.63) is 65.7 Å². The van der Waals surface area contributed by atoms with Crippen LogP contribution >= 0.6 is 0 Å². The first-order chi connectivity index (χ1) is 11.2. The summed E-state index contributed by atoms with van der Waals surface area (Å²) in [5.74, 6) is -0.270. The third-order valence-electron chi connectivity index (χ3n) is 3.19. The summed E-state index contributed by atoms with van der Waals surface area (Å²) in [6.45, 7) is 1.77. The lowest BCUT2D eigenvalue weighted by Crippen LogP contribution is -2.38. The number of rotatable bonds is 4. The highest BCUT2D eigenvalue weighted by Crippen LogP contribution is 2.32. The Morgan fingerprint density at radius 2 is 2.00 bits per heavy atom. The van der Waals surface area contributed by atoms with Gasteiger partial charge in [-0.1, -0.05) is 6.07 Å². The van der Waals surface area contributed by atoms with Crippen LogP contribution in [0, 0.1) is 0 Å². The molecular formula is C17H18F3N3O. The molecule has 24 heavy (non-hydrogen) atoms. The van der Waals surface area contributed by atoms with Crippen LogP contribution in [0.5, 0.6) is 0 Å². The summed E-state index contributed by atoms with van der Waals surface area (Å²) in [4.78, 5) is 13.9. The Balaban J connectivity index is 2.26. The third kappa shape index (κ3) is 4.41. The second-order valence-electron chi connectivity index (χ2n) is 5.60. The lowest BCUT2D eigenvalue weighted by Gasteiger charge is -2.28. The number of alkyl halides is 3. The molecule has 0 bridgehead atoms. The Morgan fingerprint density at radius 1 is 1.29 bits per heavy atom. The van der Waals surface area contributed by atoms with Crippen molar-refractivity contribution in [2.75, 3.05) is 19.1 Å². The number of hydrogen-bond acceptors (Lipinski definition) is 4. The van der Waals surface area contributed by atoms with Gasteiger partial charge in [0.25, 0.3) is 0 Å². The number of nitrogens with one attached hydrogen (secondary N) is 1. The Hall–Kier alpha value is -2.70. The van der Waals surface area contributed by atoms with E-state index in [1.807, 2.05) is 0 Å². The van der Waals surface area contributed by atoms with Crippen molar-refractivity contribution in [1.82, 2.24) is 10.3 Å². The van der Waals surface area contributed by atoms with Crippen molar-refractivity contribution in [3.63, 3.8) is 0 Å². The first-order valence-corrected chi connectivity index (χ1v) is 7.19. The molecule has 1 aromatic rings. The third-order valence-corrected chi connectivity index (χ3v) is 3.19. The molecule has 0 unspecified atom stereocenters. The molecule has 0 saturated heterocycles. The van der Waals surface area contributed by atoms with E-state index >= 15 is 0 Å². The molecular weight excluding hydrogens is 319 g/mol. The van der Waals surface area contributed by atoms with Crippen LogP contribution in [0.1, 0.15) is 12.5 Å². The first kappa shape index (κ1) is 17.7. The molecule has 0 amide bonds. The number of allylic oxidation sites excluding steroid dienone is 3. The zero-order valence-corrected chi connectivity index (χ0v) is 13.6. The van der Waals surface area contributed by atoms with E-state index in [-0.39, 0.29) is 11.5 Å². The molecule has 1 heterocycles. The van der Waals surface area contributed by atoms with Gasteiger partial charge in [0.2, 0.25) is 5.78 Å². The van der Waals surface area contributed by atoms with Crippen LogP contribution in [0.3, 0.4) is 0 Å². The number of nitrogens with zero attached hydrogens (tertiary/aromatic N) is 2. The number of carbonyl (C=O) groups excluding carboxylic acids is 1. The molecule has 128 valence electrons. The minimum atomic E-state index is -4.42. The van der Waals surface area contributed by atoms with Gasteiger partial charge in [-0.25, -0.2) is 0 Å². The number of halogens is 3. The van der Waals surface area contributed by atoms with E-state index in [4.69, 9.17) is 0 Å². The van der Waals surface area contributed by atoms with Crippen LogP contribution in [0.2, 0.25) is 0 Å². The molecule has 0 radical (unpaired) electrons. The molecule has 0 atom stereocenters. The van der Waals surface area contributed by atoms with Crippen molar-refractivity contribution < 1.29 is 18.0 Å². The smallest absolute Gasteiger partial charge is 0.383 e. The summed E-state index contributed by atoms with van der Waals surface area (Å²) < 4.78 is 38.6. The average molecular weight is 337 g/mol. The summed E-state index contributed by atoms with van der Waals surface area (Å²) in [6, 6.07) is 4.90. The molecule has 1 aliphatic rings. The van der Waals surface area contributed by atoms with Crippen molar-refractivity contribution >= 4 is 11.5 Å². The predicted octanol–water partition coefficient (Wildman–Crippen LogP) is 3.46. The molecule has 0 spiro atoms. The molecule has 0 aliphatic carbocycles. The van der Waals surface area contributed by atoms with Gasteiger partial charge in [0.1, 0.15) is 5.70 Å². The Kier molecular flexibility index (Phi) is 5.02. The maximum absolute atomic E-state index is 12.9. The SMILES string of the molecule is CC1=CN(c2cccc(C(F)(F)F)c2)NC(C(=O)C=CN(C)C)=C1. The topological polar surface area (TPSA) is 35.6 Å². The summed E-state index contributed by atoms with van der Waals surface area (Å²) in [6.07, 6.45) is 1.84. The second-order valence-corrected chi connectivity index (χ2v) is 5.60. The number of hydrazine groups is 1. The molecule has 2 rings (SSSR count). The minimum absolute atomic E-state index is 0.270. The lowest BCUT2D eigenvalue weighted by atomic mass is 10.1. The minimum Gasteiger partial charge on any atom is -0.383 e. The predicted molar refractivity (Wildman–Crippen MR) is 86.7 cm³/mol. The molecule has 0 saturated carbocycles. The van der Waals surface area contributed by atoms with E-state index in [1.54, 1.807) is 44.4 Å². The number of anilines is 1. The zero-order valence-electron chi connectivity index (χ0n) is 13.6. The van der Waals surface area contributed by atoms with Crippen LogP contribution < -0.4 is 10.4 Å². The van der Waals surface area contributed by atoms with Crippen molar-refractivity contribution in [2.45, 2.75) is 13.1 Å². The monoisotopic (exact) mass is 337 g/mol. The molecule has 0 fully saturated rings. The second kappa shape index (κ2) is 6.82. The number of ketones is 1. The molecule has 0 aromatic heterocycles. The van der Waals surface area contributed by atoms with Crippen molar-refractivity contribution in [1.29, 1.82) is 0 Å². The molecule has 1 N–H and O–H groups in total. The highest BCUT2D eigenvalue weighted by molar-refractivity contribution is 6.04. The summed E-state index contributed by atoms with van der Waals surface area (Å²) in [5, 5.41) is 1.40. The van der Waals surface area contributed by atoms with Gasteiger partial charge in [-0.2, -0.15) is 13.2 Å². The van der Waals surface area contributed by atoms with E-state index in [0.29, 0.717) is 5.69 Å². The van der Waals surface area contributed by atoms with Gasteiger partial charge in [0, 0.05) is 32.6 Å². The quantitative estimate of drug-likeness (QED) is 0.854. The summed E-state index contributed by atoms with van der Waals surface area (Å²) in [7, 11) is 3.57. The first-order valence-electron chi connectivity index (χ1n) is 7.19. The van der Waals surface area contributed by atoms with Crippen LogP contribution in [0.15, 0.2) is 60.1 Å². The van der Waals surface area contributed by atoms with E-state index < -0.39 is 11.7 Å². The van der Waals surface area contributed by atoms with Gasteiger partial charge in [-0.3, -0.25) is 15.2 Å². The summed E-state index contributed by atoms with van der Waals surface area (Å²) in [5.41, 5.74) is 3.40. The normalized spacial score (nSPS) is 15.0. The molecule has 1 aromatic carbocycles. The summed E-state index contributed by atoms with van der Waals surface area (Å²) >= 11 is 0. The van der Waals surface area contributed by atoms with E-state index in [1.165, 1.54) is 23.2 Å². The fourth-order valence-corrected chi connectivity index (χ4v) is 2.07.